The van der Waals surface area contributed by atoms with E-state index in [0.29, 0.717) is 12.1 Å². The Morgan fingerprint density at radius 2 is 1.84 bits per heavy atom. The molecule has 0 aliphatic carbocycles. The summed E-state index contributed by atoms with van der Waals surface area (Å²) in [5.74, 6) is 0.596. The molecular formula is C15H16FNOS. The number of nitrogens with two attached hydrogens (primary N) is 1. The maximum atomic E-state index is 13.8. The number of ether oxygens (including phenoxy) is 1. The van der Waals surface area contributed by atoms with Crippen LogP contribution >= 0.6 is 11.8 Å². The van der Waals surface area contributed by atoms with Gasteiger partial charge in [-0.2, -0.15) is 0 Å². The number of hydrogen-bond acceptors (Lipinski definition) is 3. The lowest BCUT2D eigenvalue weighted by Gasteiger charge is -2.15. The zero-order valence-corrected chi connectivity index (χ0v) is 11.5. The summed E-state index contributed by atoms with van der Waals surface area (Å²) in [4.78, 5) is 1.04. The standard InChI is InChI=1S/C15H16FNOS/c1-18-11-6-8-12(9-7-11)19-15(10-17)13-4-2-3-5-14(13)16/h2-9,15H,10,17H2,1H3. The van der Waals surface area contributed by atoms with Gasteiger partial charge in [0.25, 0.3) is 0 Å². The molecule has 0 saturated carbocycles. The van der Waals surface area contributed by atoms with Gasteiger partial charge in [-0.15, -0.1) is 11.8 Å². The molecule has 4 heteroatoms. The zero-order chi connectivity index (χ0) is 13.7. The third kappa shape index (κ3) is 3.49. The molecule has 0 radical (unpaired) electrons. The quantitative estimate of drug-likeness (QED) is 0.848. The highest BCUT2D eigenvalue weighted by molar-refractivity contribution is 7.99. The van der Waals surface area contributed by atoms with Gasteiger partial charge in [0.1, 0.15) is 11.6 Å². The average molecular weight is 277 g/mol. The molecule has 1 atom stereocenters. The molecule has 0 spiro atoms. The van der Waals surface area contributed by atoms with Crippen molar-refractivity contribution in [3.05, 3.63) is 59.9 Å². The predicted molar refractivity (Wildman–Crippen MR) is 77.0 cm³/mol. The Bertz CT molecular complexity index is 530. The van der Waals surface area contributed by atoms with Crippen molar-refractivity contribution < 1.29 is 9.13 Å². The van der Waals surface area contributed by atoms with E-state index in [-0.39, 0.29) is 11.1 Å². The summed E-state index contributed by atoms with van der Waals surface area (Å²) in [6.45, 7) is 0.387. The van der Waals surface area contributed by atoms with Crippen LogP contribution in [0.2, 0.25) is 0 Å². The van der Waals surface area contributed by atoms with Gasteiger partial charge < -0.3 is 10.5 Å². The first-order valence-electron chi connectivity index (χ1n) is 6.00. The van der Waals surface area contributed by atoms with Crippen LogP contribution < -0.4 is 10.5 Å². The average Bonchev–Trinajstić information content (AvgIpc) is 2.46. The van der Waals surface area contributed by atoms with Crippen molar-refractivity contribution in [1.82, 2.24) is 0 Å². The maximum Gasteiger partial charge on any atom is 0.127 e. The Morgan fingerprint density at radius 3 is 2.42 bits per heavy atom. The monoisotopic (exact) mass is 277 g/mol. The Hall–Kier alpha value is -1.52. The van der Waals surface area contributed by atoms with Gasteiger partial charge in [0.05, 0.1) is 7.11 Å². The minimum Gasteiger partial charge on any atom is -0.497 e. The van der Waals surface area contributed by atoms with Gasteiger partial charge in [0, 0.05) is 22.3 Å². The molecule has 19 heavy (non-hydrogen) atoms. The summed E-state index contributed by atoms with van der Waals surface area (Å²) in [7, 11) is 1.63. The number of thioether (sulfide) groups is 1. The highest BCUT2D eigenvalue weighted by Gasteiger charge is 2.15. The molecule has 2 N–H and O–H groups in total. The smallest absolute Gasteiger partial charge is 0.127 e. The van der Waals surface area contributed by atoms with Crippen LogP contribution in [0, 0.1) is 5.82 Å². The normalized spacial score (nSPS) is 12.2. The molecule has 0 aromatic heterocycles. The third-order valence-corrected chi connectivity index (χ3v) is 4.08. The van der Waals surface area contributed by atoms with E-state index in [1.165, 1.54) is 6.07 Å². The van der Waals surface area contributed by atoms with Gasteiger partial charge in [-0.1, -0.05) is 18.2 Å². The van der Waals surface area contributed by atoms with E-state index in [2.05, 4.69) is 0 Å². The molecule has 2 aromatic carbocycles. The Labute approximate surface area is 116 Å². The van der Waals surface area contributed by atoms with Crippen LogP contribution in [0.3, 0.4) is 0 Å². The van der Waals surface area contributed by atoms with Gasteiger partial charge in [0.2, 0.25) is 0 Å². The number of methoxy groups -OCH3 is 1. The van der Waals surface area contributed by atoms with Gasteiger partial charge in [0.15, 0.2) is 0 Å². The molecule has 0 aliphatic heterocycles. The van der Waals surface area contributed by atoms with Gasteiger partial charge >= 0.3 is 0 Å². The van der Waals surface area contributed by atoms with Crippen molar-refractivity contribution in [2.45, 2.75) is 10.1 Å². The Kier molecular flexibility index (Phi) is 4.82. The second-order valence-electron chi connectivity index (χ2n) is 4.04. The van der Waals surface area contributed by atoms with E-state index < -0.39 is 0 Å². The summed E-state index contributed by atoms with van der Waals surface area (Å²) in [6, 6.07) is 14.4. The highest BCUT2D eigenvalue weighted by atomic mass is 32.2. The van der Waals surface area contributed by atoms with E-state index in [4.69, 9.17) is 10.5 Å². The molecule has 100 valence electrons. The molecule has 2 rings (SSSR count). The van der Waals surface area contributed by atoms with E-state index in [0.717, 1.165) is 10.6 Å². The van der Waals surface area contributed by atoms with Crippen molar-refractivity contribution in [2.75, 3.05) is 13.7 Å². The molecule has 0 bridgehead atoms. The summed E-state index contributed by atoms with van der Waals surface area (Å²) >= 11 is 1.55. The number of benzene rings is 2. The molecule has 2 aromatic rings. The van der Waals surface area contributed by atoms with Crippen LogP contribution in [0.4, 0.5) is 4.39 Å². The van der Waals surface area contributed by atoms with Crippen LogP contribution in [0.15, 0.2) is 53.4 Å². The summed E-state index contributed by atoms with van der Waals surface area (Å²) < 4.78 is 18.9. The number of halogens is 1. The van der Waals surface area contributed by atoms with Gasteiger partial charge in [-0.3, -0.25) is 0 Å². The fourth-order valence-corrected chi connectivity index (χ4v) is 2.83. The second kappa shape index (κ2) is 6.59. The molecule has 0 aliphatic rings. The second-order valence-corrected chi connectivity index (χ2v) is 5.32. The van der Waals surface area contributed by atoms with E-state index >= 15 is 0 Å². The SMILES string of the molecule is COc1ccc(SC(CN)c2ccccc2F)cc1. The first-order chi connectivity index (χ1) is 9.24. The first kappa shape index (κ1) is 13.9. The van der Waals surface area contributed by atoms with Crippen LogP contribution in [0.25, 0.3) is 0 Å². The molecule has 0 saturated heterocycles. The lowest BCUT2D eigenvalue weighted by Crippen LogP contribution is -2.10. The van der Waals surface area contributed by atoms with E-state index in [1.54, 1.807) is 31.0 Å². The molecule has 0 amide bonds. The molecule has 1 unspecified atom stereocenters. The van der Waals surface area contributed by atoms with E-state index in [9.17, 15) is 4.39 Å². The minimum atomic E-state index is -0.209. The summed E-state index contributed by atoms with van der Waals surface area (Å²) in [5.41, 5.74) is 6.41. The third-order valence-electron chi connectivity index (χ3n) is 2.80. The van der Waals surface area contributed by atoms with Gasteiger partial charge in [-0.05, 0) is 30.3 Å². The highest BCUT2D eigenvalue weighted by Crippen LogP contribution is 2.36. The minimum absolute atomic E-state index is 0.0883. The van der Waals surface area contributed by atoms with E-state index in [1.807, 2.05) is 30.3 Å². The zero-order valence-electron chi connectivity index (χ0n) is 10.7. The van der Waals surface area contributed by atoms with Crippen LogP contribution in [-0.4, -0.2) is 13.7 Å². The van der Waals surface area contributed by atoms with Crippen LogP contribution in [-0.2, 0) is 0 Å². The largest absolute Gasteiger partial charge is 0.497 e. The lowest BCUT2D eigenvalue weighted by molar-refractivity contribution is 0.414. The number of hydrogen-bond donors (Lipinski definition) is 1. The Morgan fingerprint density at radius 1 is 1.16 bits per heavy atom. The van der Waals surface area contributed by atoms with Crippen LogP contribution in [0.5, 0.6) is 5.75 Å². The predicted octanol–water partition coefficient (Wildman–Crippen LogP) is 3.63. The number of rotatable bonds is 5. The van der Waals surface area contributed by atoms with Crippen molar-refractivity contribution in [3.8, 4) is 5.75 Å². The topological polar surface area (TPSA) is 35.2 Å². The lowest BCUT2D eigenvalue weighted by atomic mass is 10.1. The van der Waals surface area contributed by atoms with Crippen molar-refractivity contribution in [2.24, 2.45) is 5.73 Å². The van der Waals surface area contributed by atoms with Crippen LogP contribution in [0.1, 0.15) is 10.8 Å². The molecule has 0 fully saturated rings. The van der Waals surface area contributed by atoms with Crippen molar-refractivity contribution in [1.29, 1.82) is 0 Å². The fraction of sp³-hybridized carbons (Fsp3) is 0.200. The summed E-state index contributed by atoms with van der Waals surface area (Å²) in [6.07, 6.45) is 0. The maximum absolute atomic E-state index is 13.8. The van der Waals surface area contributed by atoms with Gasteiger partial charge in [-0.25, -0.2) is 4.39 Å². The fourth-order valence-electron chi connectivity index (χ4n) is 1.79. The van der Waals surface area contributed by atoms with Crippen molar-refractivity contribution in [3.63, 3.8) is 0 Å². The molecule has 2 nitrogen and oxygen atoms in total. The molecular weight excluding hydrogens is 261 g/mol. The molecule has 0 heterocycles. The van der Waals surface area contributed by atoms with Crippen molar-refractivity contribution >= 4 is 11.8 Å². The summed E-state index contributed by atoms with van der Waals surface area (Å²) in [5, 5.41) is -0.0883. The first-order valence-corrected chi connectivity index (χ1v) is 6.87. The Balaban J connectivity index is 2.17.